The molecule has 0 radical (unpaired) electrons. The van der Waals surface area contributed by atoms with Crippen molar-refractivity contribution in [3.63, 3.8) is 0 Å². The van der Waals surface area contributed by atoms with Gasteiger partial charge in [0.15, 0.2) is 6.61 Å². The zero-order chi connectivity index (χ0) is 13.8. The molecule has 7 nitrogen and oxygen atoms in total. The number of rotatable bonds is 3. The fraction of sp³-hybridized carbons (Fsp3) is 0.250. The van der Waals surface area contributed by atoms with Crippen LogP contribution < -0.4 is 15.4 Å². The largest absolute Gasteiger partial charge is 0.482 e. The molecule has 2 N–H and O–H groups in total. The van der Waals surface area contributed by atoms with Crippen LogP contribution >= 0.6 is 0 Å². The lowest BCUT2D eigenvalue weighted by Gasteiger charge is -2.18. The number of benzene rings is 1. The number of hydrogen-bond acceptors (Lipinski definition) is 5. The van der Waals surface area contributed by atoms with Gasteiger partial charge < -0.3 is 20.1 Å². The monoisotopic (exact) mass is 264 g/mol. The molecule has 0 atom stereocenters. The van der Waals surface area contributed by atoms with Crippen molar-refractivity contribution in [3.05, 3.63) is 18.2 Å². The SMILES string of the molecule is COC(=O)CC(=O)Nc1ccc2c(c1)NC(=O)CO2. The standard InChI is InChI=1S/C12H12N2O5/c1-18-12(17)5-10(15)13-7-2-3-9-8(4-7)14-11(16)6-19-9/h2-4H,5-6H2,1H3,(H,13,15)(H,14,16). The second-order valence-electron chi connectivity index (χ2n) is 3.85. The van der Waals surface area contributed by atoms with E-state index in [0.29, 0.717) is 17.1 Å². The molecule has 2 rings (SSSR count). The van der Waals surface area contributed by atoms with Crippen molar-refractivity contribution < 1.29 is 23.9 Å². The maximum Gasteiger partial charge on any atom is 0.315 e. The molecular formula is C12H12N2O5. The van der Waals surface area contributed by atoms with Crippen LogP contribution in [0.15, 0.2) is 18.2 Å². The van der Waals surface area contributed by atoms with Crippen LogP contribution in [0.1, 0.15) is 6.42 Å². The van der Waals surface area contributed by atoms with E-state index in [2.05, 4.69) is 15.4 Å². The third kappa shape index (κ3) is 3.21. The maximum absolute atomic E-state index is 11.5. The van der Waals surface area contributed by atoms with E-state index < -0.39 is 11.9 Å². The van der Waals surface area contributed by atoms with Gasteiger partial charge in [-0.15, -0.1) is 0 Å². The summed E-state index contributed by atoms with van der Waals surface area (Å²) >= 11 is 0. The van der Waals surface area contributed by atoms with E-state index in [4.69, 9.17) is 4.74 Å². The first-order valence-corrected chi connectivity index (χ1v) is 5.52. The molecular weight excluding hydrogens is 252 g/mol. The van der Waals surface area contributed by atoms with Crippen molar-refractivity contribution in [2.24, 2.45) is 0 Å². The van der Waals surface area contributed by atoms with E-state index in [9.17, 15) is 14.4 Å². The average Bonchev–Trinajstić information content (AvgIpc) is 2.37. The molecule has 0 saturated carbocycles. The van der Waals surface area contributed by atoms with Crippen molar-refractivity contribution >= 4 is 29.2 Å². The molecule has 0 spiro atoms. The Kier molecular flexibility index (Phi) is 3.65. The van der Waals surface area contributed by atoms with E-state index >= 15 is 0 Å². The number of hydrogen-bond donors (Lipinski definition) is 2. The summed E-state index contributed by atoms with van der Waals surface area (Å²) in [5, 5.41) is 5.14. The Hall–Kier alpha value is -2.57. The van der Waals surface area contributed by atoms with Gasteiger partial charge in [0, 0.05) is 5.69 Å². The van der Waals surface area contributed by atoms with Crippen molar-refractivity contribution in [2.45, 2.75) is 6.42 Å². The minimum atomic E-state index is -0.618. The molecule has 0 unspecified atom stereocenters. The molecule has 1 aromatic carbocycles. The third-order valence-electron chi connectivity index (χ3n) is 2.43. The maximum atomic E-state index is 11.5. The van der Waals surface area contributed by atoms with Gasteiger partial charge in [-0.3, -0.25) is 14.4 Å². The number of amides is 2. The Morgan fingerprint density at radius 1 is 1.47 bits per heavy atom. The number of anilines is 2. The summed E-state index contributed by atoms with van der Waals surface area (Å²) < 4.78 is 9.57. The summed E-state index contributed by atoms with van der Waals surface area (Å²) in [5.74, 6) is -0.835. The fourth-order valence-corrected chi connectivity index (χ4v) is 1.57. The van der Waals surface area contributed by atoms with Crippen molar-refractivity contribution in [2.75, 3.05) is 24.4 Å². The van der Waals surface area contributed by atoms with E-state index in [1.54, 1.807) is 18.2 Å². The zero-order valence-corrected chi connectivity index (χ0v) is 10.2. The van der Waals surface area contributed by atoms with E-state index in [0.717, 1.165) is 0 Å². The van der Waals surface area contributed by atoms with Gasteiger partial charge in [0.05, 0.1) is 12.8 Å². The second-order valence-corrected chi connectivity index (χ2v) is 3.85. The summed E-state index contributed by atoms with van der Waals surface area (Å²) in [5.41, 5.74) is 0.936. The molecule has 0 saturated heterocycles. The van der Waals surface area contributed by atoms with Gasteiger partial charge in [-0.1, -0.05) is 0 Å². The van der Waals surface area contributed by atoms with E-state index in [1.807, 2.05) is 0 Å². The minimum Gasteiger partial charge on any atom is -0.482 e. The van der Waals surface area contributed by atoms with E-state index in [-0.39, 0.29) is 18.9 Å². The topological polar surface area (TPSA) is 93.7 Å². The molecule has 1 aromatic rings. The van der Waals surface area contributed by atoms with Gasteiger partial charge >= 0.3 is 5.97 Å². The third-order valence-corrected chi connectivity index (χ3v) is 2.43. The van der Waals surface area contributed by atoms with E-state index in [1.165, 1.54) is 7.11 Å². The lowest BCUT2D eigenvalue weighted by molar-refractivity contribution is -0.142. The highest BCUT2D eigenvalue weighted by Gasteiger charge is 2.17. The Morgan fingerprint density at radius 2 is 2.26 bits per heavy atom. The van der Waals surface area contributed by atoms with Crippen molar-refractivity contribution in [3.8, 4) is 5.75 Å². The highest BCUT2D eigenvalue weighted by atomic mass is 16.5. The molecule has 0 aromatic heterocycles. The Balaban J connectivity index is 2.06. The van der Waals surface area contributed by atoms with Gasteiger partial charge in [-0.05, 0) is 18.2 Å². The first kappa shape index (κ1) is 12.9. The van der Waals surface area contributed by atoms with Crippen LogP contribution in [0.5, 0.6) is 5.75 Å². The fourth-order valence-electron chi connectivity index (χ4n) is 1.57. The number of esters is 1. The summed E-state index contributed by atoms with van der Waals surface area (Å²) in [7, 11) is 1.21. The Bertz CT molecular complexity index is 541. The molecule has 1 aliphatic heterocycles. The van der Waals surface area contributed by atoms with Gasteiger partial charge in [0.1, 0.15) is 12.2 Å². The number of fused-ring (bicyclic) bond motifs is 1. The highest BCUT2D eigenvalue weighted by molar-refractivity contribution is 6.02. The van der Waals surface area contributed by atoms with Crippen LogP contribution in [0.25, 0.3) is 0 Å². The van der Waals surface area contributed by atoms with Crippen LogP contribution in [-0.4, -0.2) is 31.5 Å². The highest BCUT2D eigenvalue weighted by Crippen LogP contribution is 2.30. The number of carbonyl (C=O) groups excluding carboxylic acids is 3. The second kappa shape index (κ2) is 5.38. The molecule has 0 bridgehead atoms. The first-order chi connectivity index (χ1) is 9.08. The molecule has 0 aliphatic carbocycles. The summed E-state index contributed by atoms with van der Waals surface area (Å²) in [6.07, 6.45) is -0.365. The molecule has 1 heterocycles. The molecule has 0 fully saturated rings. The van der Waals surface area contributed by atoms with Crippen LogP contribution in [0, 0.1) is 0 Å². The van der Waals surface area contributed by atoms with Crippen LogP contribution in [0.2, 0.25) is 0 Å². The summed E-state index contributed by atoms with van der Waals surface area (Å²) in [4.78, 5) is 33.6. The molecule has 19 heavy (non-hydrogen) atoms. The summed E-state index contributed by atoms with van der Waals surface area (Å²) in [6.45, 7) is -0.0267. The van der Waals surface area contributed by atoms with Crippen LogP contribution in [-0.2, 0) is 19.1 Å². The smallest absolute Gasteiger partial charge is 0.315 e. The normalized spacial score (nSPS) is 12.8. The van der Waals surface area contributed by atoms with Crippen LogP contribution in [0.3, 0.4) is 0 Å². The molecule has 100 valence electrons. The number of carbonyl (C=O) groups is 3. The van der Waals surface area contributed by atoms with Gasteiger partial charge in [0.25, 0.3) is 5.91 Å². The average molecular weight is 264 g/mol. The predicted molar refractivity (Wildman–Crippen MR) is 65.8 cm³/mol. The number of nitrogens with one attached hydrogen (secondary N) is 2. The molecule has 1 aliphatic rings. The first-order valence-electron chi connectivity index (χ1n) is 5.52. The van der Waals surface area contributed by atoms with Crippen LogP contribution in [0.4, 0.5) is 11.4 Å². The van der Waals surface area contributed by atoms with Crippen molar-refractivity contribution in [1.29, 1.82) is 0 Å². The number of ether oxygens (including phenoxy) is 2. The van der Waals surface area contributed by atoms with Crippen molar-refractivity contribution in [1.82, 2.24) is 0 Å². The van der Waals surface area contributed by atoms with Gasteiger partial charge in [-0.25, -0.2) is 0 Å². The molecule has 7 heteroatoms. The minimum absolute atomic E-state index is 0.0267. The molecule has 2 amide bonds. The lowest BCUT2D eigenvalue weighted by Crippen LogP contribution is -2.25. The predicted octanol–water partition coefficient (Wildman–Crippen LogP) is 0.519. The Morgan fingerprint density at radius 3 is 3.00 bits per heavy atom. The lowest BCUT2D eigenvalue weighted by atomic mass is 10.2. The quantitative estimate of drug-likeness (QED) is 0.613. The number of methoxy groups -OCH3 is 1. The Labute approximate surface area is 108 Å². The van der Waals surface area contributed by atoms with Gasteiger partial charge in [-0.2, -0.15) is 0 Å². The summed E-state index contributed by atoms with van der Waals surface area (Å²) in [6, 6.07) is 4.80. The zero-order valence-electron chi connectivity index (χ0n) is 10.2. The van der Waals surface area contributed by atoms with Gasteiger partial charge in [0.2, 0.25) is 5.91 Å².